The Morgan fingerprint density at radius 1 is 1.52 bits per heavy atom. The highest BCUT2D eigenvalue weighted by Crippen LogP contribution is 2.23. The second-order valence-corrected chi connectivity index (χ2v) is 7.24. The van der Waals surface area contributed by atoms with E-state index in [0.717, 1.165) is 48.1 Å². The zero-order chi connectivity index (χ0) is 17.8. The standard InChI is InChI=1S/C18H24N4O2S/c1-4-7-21-12-19-20-18(21)25-11-17(23)16-9-13(2)22(14(16)3)10-15-6-5-8-24-15/h4,9,12,15H,1,5-8,10-11H2,2-3H3/t15-/m0/s1. The van der Waals surface area contributed by atoms with E-state index in [1.165, 1.54) is 11.8 Å². The van der Waals surface area contributed by atoms with Crippen molar-refractivity contribution in [2.24, 2.45) is 0 Å². The third-order valence-electron chi connectivity index (χ3n) is 4.52. The number of carbonyl (C=O) groups is 1. The fourth-order valence-corrected chi connectivity index (χ4v) is 3.99. The number of hydrogen-bond donors (Lipinski definition) is 0. The molecule has 0 amide bonds. The lowest BCUT2D eigenvalue weighted by atomic mass is 10.2. The largest absolute Gasteiger partial charge is 0.376 e. The molecular weight excluding hydrogens is 336 g/mol. The van der Waals surface area contributed by atoms with Crippen molar-refractivity contribution in [3.8, 4) is 0 Å². The Morgan fingerprint density at radius 3 is 3.08 bits per heavy atom. The van der Waals surface area contributed by atoms with Gasteiger partial charge in [0.1, 0.15) is 6.33 Å². The quantitative estimate of drug-likeness (QED) is 0.411. The van der Waals surface area contributed by atoms with Crippen molar-refractivity contribution in [1.29, 1.82) is 0 Å². The molecule has 0 unspecified atom stereocenters. The number of ketones is 1. The Bertz CT molecular complexity index is 759. The molecule has 7 heteroatoms. The lowest BCUT2D eigenvalue weighted by Gasteiger charge is -2.14. The summed E-state index contributed by atoms with van der Waals surface area (Å²) in [6.07, 6.45) is 5.92. The maximum absolute atomic E-state index is 12.7. The van der Waals surface area contributed by atoms with E-state index >= 15 is 0 Å². The number of Topliss-reactive ketones (excluding diaryl/α,β-unsaturated/α-hetero) is 1. The van der Waals surface area contributed by atoms with Gasteiger partial charge in [-0.15, -0.1) is 16.8 Å². The van der Waals surface area contributed by atoms with Crippen LogP contribution < -0.4 is 0 Å². The van der Waals surface area contributed by atoms with Crippen LogP contribution in [0.5, 0.6) is 0 Å². The van der Waals surface area contributed by atoms with Gasteiger partial charge in [-0.2, -0.15) is 0 Å². The highest BCUT2D eigenvalue weighted by molar-refractivity contribution is 7.99. The first-order chi connectivity index (χ1) is 12.1. The predicted octanol–water partition coefficient (Wildman–Crippen LogP) is 3.04. The minimum atomic E-state index is 0.116. The summed E-state index contributed by atoms with van der Waals surface area (Å²) in [6.45, 7) is 10.1. The molecule has 0 radical (unpaired) electrons. The highest BCUT2D eigenvalue weighted by atomic mass is 32.2. The van der Waals surface area contributed by atoms with Gasteiger partial charge in [0.25, 0.3) is 0 Å². The number of nitrogens with zero attached hydrogens (tertiary/aromatic N) is 4. The zero-order valence-electron chi connectivity index (χ0n) is 14.8. The molecule has 0 aliphatic carbocycles. The van der Waals surface area contributed by atoms with Gasteiger partial charge in [-0.05, 0) is 32.8 Å². The minimum Gasteiger partial charge on any atom is -0.376 e. The number of aromatic nitrogens is 4. The van der Waals surface area contributed by atoms with Crippen molar-refractivity contribution in [3.63, 3.8) is 0 Å². The molecule has 0 aromatic carbocycles. The van der Waals surface area contributed by atoms with Crippen LogP contribution in [0.3, 0.4) is 0 Å². The lowest BCUT2D eigenvalue weighted by molar-refractivity contribution is 0.0957. The first-order valence-electron chi connectivity index (χ1n) is 8.53. The van der Waals surface area contributed by atoms with E-state index in [1.54, 1.807) is 12.4 Å². The van der Waals surface area contributed by atoms with Gasteiger partial charge in [0.05, 0.1) is 11.9 Å². The summed E-state index contributed by atoms with van der Waals surface area (Å²) in [5.74, 6) is 0.463. The monoisotopic (exact) mass is 360 g/mol. The number of ether oxygens (including phenoxy) is 1. The Hall–Kier alpha value is -1.86. The normalized spacial score (nSPS) is 17.1. The smallest absolute Gasteiger partial charge is 0.191 e. The van der Waals surface area contributed by atoms with Crippen LogP contribution in [0.2, 0.25) is 0 Å². The highest BCUT2D eigenvalue weighted by Gasteiger charge is 2.21. The molecule has 1 fully saturated rings. The van der Waals surface area contributed by atoms with Crippen LogP contribution in [0.15, 0.2) is 30.2 Å². The molecular formula is C18H24N4O2S. The van der Waals surface area contributed by atoms with Gasteiger partial charge in [0.15, 0.2) is 10.9 Å². The molecule has 0 saturated carbocycles. The van der Waals surface area contributed by atoms with E-state index in [9.17, 15) is 4.79 Å². The van der Waals surface area contributed by atoms with Gasteiger partial charge in [-0.1, -0.05) is 17.8 Å². The Labute approximate surface area is 152 Å². The molecule has 6 nitrogen and oxygen atoms in total. The molecule has 0 bridgehead atoms. The summed E-state index contributed by atoms with van der Waals surface area (Å²) in [6, 6.07) is 1.99. The van der Waals surface area contributed by atoms with E-state index in [2.05, 4.69) is 21.3 Å². The van der Waals surface area contributed by atoms with Gasteiger partial charge >= 0.3 is 0 Å². The number of carbonyl (C=O) groups excluding carboxylic acids is 1. The van der Waals surface area contributed by atoms with Crippen molar-refractivity contribution in [1.82, 2.24) is 19.3 Å². The average molecular weight is 360 g/mol. The SMILES string of the molecule is C=CCn1cnnc1SCC(=O)c1cc(C)n(C[C@@H]2CCCO2)c1C. The molecule has 0 N–H and O–H groups in total. The summed E-state index contributed by atoms with van der Waals surface area (Å²) in [4.78, 5) is 12.7. The lowest BCUT2D eigenvalue weighted by Crippen LogP contribution is -2.17. The molecule has 3 heterocycles. The first-order valence-corrected chi connectivity index (χ1v) is 9.51. The Kier molecular flexibility index (Phi) is 5.75. The van der Waals surface area contributed by atoms with Crippen LogP contribution >= 0.6 is 11.8 Å². The third-order valence-corrected chi connectivity index (χ3v) is 5.50. The van der Waals surface area contributed by atoms with E-state index in [1.807, 2.05) is 24.5 Å². The summed E-state index contributed by atoms with van der Waals surface area (Å²) >= 11 is 1.41. The molecule has 2 aromatic heterocycles. The van der Waals surface area contributed by atoms with Crippen molar-refractivity contribution in [3.05, 3.63) is 42.0 Å². The predicted molar refractivity (Wildman–Crippen MR) is 98.2 cm³/mol. The zero-order valence-corrected chi connectivity index (χ0v) is 15.6. The van der Waals surface area contributed by atoms with Crippen molar-refractivity contribution in [2.45, 2.75) is 51.0 Å². The summed E-state index contributed by atoms with van der Waals surface area (Å²) < 4.78 is 9.82. The van der Waals surface area contributed by atoms with E-state index in [-0.39, 0.29) is 11.9 Å². The average Bonchev–Trinajstić information content (AvgIpc) is 3.31. The second-order valence-electron chi connectivity index (χ2n) is 6.30. The molecule has 3 rings (SSSR count). The van der Waals surface area contributed by atoms with Gasteiger partial charge in [0.2, 0.25) is 0 Å². The van der Waals surface area contributed by atoms with Crippen LogP contribution in [-0.2, 0) is 17.8 Å². The number of allylic oxidation sites excluding steroid dienone is 1. The molecule has 25 heavy (non-hydrogen) atoms. The van der Waals surface area contributed by atoms with Crippen LogP contribution in [0, 0.1) is 13.8 Å². The number of aryl methyl sites for hydroxylation is 1. The van der Waals surface area contributed by atoms with Gasteiger partial charge in [0, 0.05) is 36.6 Å². The summed E-state index contributed by atoms with van der Waals surface area (Å²) in [5, 5.41) is 8.71. The van der Waals surface area contributed by atoms with Crippen molar-refractivity contribution < 1.29 is 9.53 Å². The molecule has 0 spiro atoms. The van der Waals surface area contributed by atoms with Crippen LogP contribution in [-0.4, -0.2) is 43.6 Å². The second kappa shape index (κ2) is 8.01. The minimum absolute atomic E-state index is 0.116. The molecule has 134 valence electrons. The van der Waals surface area contributed by atoms with E-state index < -0.39 is 0 Å². The molecule has 2 aromatic rings. The Morgan fingerprint density at radius 2 is 2.36 bits per heavy atom. The van der Waals surface area contributed by atoms with Crippen molar-refractivity contribution in [2.75, 3.05) is 12.4 Å². The number of rotatable bonds is 8. The fraction of sp³-hybridized carbons (Fsp3) is 0.500. The van der Waals surface area contributed by atoms with Crippen LogP contribution in [0.1, 0.15) is 34.6 Å². The molecule has 1 aliphatic heterocycles. The van der Waals surface area contributed by atoms with Crippen LogP contribution in [0.25, 0.3) is 0 Å². The first kappa shape index (κ1) is 17.9. The molecule has 1 aliphatic rings. The number of hydrogen-bond acceptors (Lipinski definition) is 5. The van der Waals surface area contributed by atoms with E-state index in [4.69, 9.17) is 4.74 Å². The number of thioether (sulfide) groups is 1. The summed E-state index contributed by atoms with van der Waals surface area (Å²) in [7, 11) is 0. The van der Waals surface area contributed by atoms with Gasteiger partial charge in [-0.3, -0.25) is 4.79 Å². The van der Waals surface area contributed by atoms with Crippen LogP contribution in [0.4, 0.5) is 0 Å². The van der Waals surface area contributed by atoms with Crippen molar-refractivity contribution >= 4 is 17.5 Å². The maximum Gasteiger partial charge on any atom is 0.191 e. The van der Waals surface area contributed by atoms with Gasteiger partial charge < -0.3 is 13.9 Å². The maximum atomic E-state index is 12.7. The molecule has 1 atom stereocenters. The van der Waals surface area contributed by atoms with E-state index in [0.29, 0.717) is 12.3 Å². The Balaban J connectivity index is 1.67. The third kappa shape index (κ3) is 4.04. The van der Waals surface area contributed by atoms with Gasteiger partial charge in [-0.25, -0.2) is 0 Å². The summed E-state index contributed by atoms with van der Waals surface area (Å²) in [5.41, 5.74) is 2.92. The topological polar surface area (TPSA) is 61.9 Å². The fourth-order valence-electron chi connectivity index (χ4n) is 3.18. The molecule has 1 saturated heterocycles.